The Morgan fingerprint density at radius 3 is 2.48 bits per heavy atom. The van der Waals surface area contributed by atoms with Crippen LogP contribution in [0.15, 0.2) is 36.4 Å². The number of thiophene rings is 1. The smallest absolute Gasteiger partial charge is 0.416 e. The number of nitrogens with two attached hydrogens (primary N) is 1. The molecule has 0 spiro atoms. The van der Waals surface area contributed by atoms with Crippen LogP contribution in [-0.2, 0) is 12.6 Å². The van der Waals surface area contributed by atoms with Crippen LogP contribution in [0.2, 0.25) is 0 Å². The van der Waals surface area contributed by atoms with Gasteiger partial charge < -0.3 is 15.6 Å². The molecule has 0 radical (unpaired) electrons. The Balaban J connectivity index is 1.76. The van der Waals surface area contributed by atoms with Gasteiger partial charge in [-0.05, 0) is 56.2 Å². The van der Waals surface area contributed by atoms with Crippen LogP contribution in [0.5, 0.6) is 5.75 Å². The van der Waals surface area contributed by atoms with Crippen molar-refractivity contribution in [2.45, 2.75) is 37.9 Å². The second-order valence-corrected chi connectivity index (χ2v) is 7.67. The summed E-state index contributed by atoms with van der Waals surface area (Å²) in [7, 11) is 0. The molecule has 3 N–H and O–H groups in total. The van der Waals surface area contributed by atoms with Gasteiger partial charge in [-0.3, -0.25) is 0 Å². The lowest BCUT2D eigenvalue weighted by Gasteiger charge is -2.20. The van der Waals surface area contributed by atoms with E-state index in [1.807, 2.05) is 19.1 Å². The van der Waals surface area contributed by atoms with E-state index in [4.69, 9.17) is 15.6 Å². The number of alkyl halides is 3. The van der Waals surface area contributed by atoms with Crippen molar-refractivity contribution < 1.29 is 23.0 Å². The van der Waals surface area contributed by atoms with E-state index < -0.39 is 17.3 Å². The molecular weight excluding hydrogens is 375 g/mol. The zero-order chi connectivity index (χ0) is 19.9. The summed E-state index contributed by atoms with van der Waals surface area (Å²) in [6, 6.07) is 8.55. The van der Waals surface area contributed by atoms with Gasteiger partial charge in [0.2, 0.25) is 0 Å². The first-order chi connectivity index (χ1) is 12.7. The third-order valence-corrected chi connectivity index (χ3v) is 4.91. The zero-order valence-corrected chi connectivity index (χ0v) is 15.8. The number of aliphatic hydroxyl groups is 1. The maximum atomic E-state index is 12.5. The average Bonchev–Trinajstić information content (AvgIpc) is 3.07. The van der Waals surface area contributed by atoms with Crippen molar-refractivity contribution >= 4 is 11.3 Å². The summed E-state index contributed by atoms with van der Waals surface area (Å²) in [6.07, 6.45) is -2.39. The molecule has 0 aliphatic carbocycles. The second-order valence-electron chi connectivity index (χ2n) is 6.50. The SMILES string of the molecule is CC(N)(CO)CCc1ccc(C#CCCOc2ccc(C(F)(F)F)cc2)s1. The van der Waals surface area contributed by atoms with E-state index in [-0.39, 0.29) is 6.61 Å². The predicted octanol–water partition coefficient (Wildman–Crippen LogP) is 4.23. The number of hydrogen-bond donors (Lipinski definition) is 2. The molecule has 1 heterocycles. The van der Waals surface area contributed by atoms with Crippen LogP contribution in [0.1, 0.15) is 35.1 Å². The summed E-state index contributed by atoms with van der Waals surface area (Å²) in [4.78, 5) is 2.09. The maximum absolute atomic E-state index is 12.5. The molecule has 0 saturated carbocycles. The highest BCUT2D eigenvalue weighted by atomic mass is 32.1. The van der Waals surface area contributed by atoms with Crippen LogP contribution >= 0.6 is 11.3 Å². The summed E-state index contributed by atoms with van der Waals surface area (Å²) in [5.74, 6) is 6.43. The van der Waals surface area contributed by atoms with Crippen LogP contribution < -0.4 is 10.5 Å². The number of rotatable bonds is 7. The first kappa shape index (κ1) is 21.3. The van der Waals surface area contributed by atoms with Crippen LogP contribution in [-0.4, -0.2) is 23.9 Å². The van der Waals surface area contributed by atoms with Crippen molar-refractivity contribution in [3.8, 4) is 17.6 Å². The van der Waals surface area contributed by atoms with Gasteiger partial charge in [0.1, 0.15) is 5.75 Å². The molecule has 1 aromatic heterocycles. The largest absolute Gasteiger partial charge is 0.493 e. The Kier molecular flexibility index (Phi) is 7.31. The highest BCUT2D eigenvalue weighted by Crippen LogP contribution is 2.30. The lowest BCUT2D eigenvalue weighted by Crippen LogP contribution is -2.40. The van der Waals surface area contributed by atoms with Gasteiger partial charge in [-0.25, -0.2) is 0 Å². The molecule has 0 bridgehead atoms. The predicted molar refractivity (Wildman–Crippen MR) is 101 cm³/mol. The molecule has 1 atom stereocenters. The zero-order valence-electron chi connectivity index (χ0n) is 15.0. The summed E-state index contributed by atoms with van der Waals surface area (Å²) in [6.45, 7) is 2.07. The molecule has 0 aliphatic heterocycles. The van der Waals surface area contributed by atoms with Gasteiger partial charge in [0, 0.05) is 16.8 Å². The van der Waals surface area contributed by atoms with E-state index in [0.717, 1.165) is 28.3 Å². The minimum absolute atomic E-state index is 0.0516. The first-order valence-corrected chi connectivity index (χ1v) is 9.29. The lowest BCUT2D eigenvalue weighted by atomic mass is 9.98. The first-order valence-electron chi connectivity index (χ1n) is 8.47. The molecular formula is C20H22F3NO2S. The maximum Gasteiger partial charge on any atom is 0.416 e. The summed E-state index contributed by atoms with van der Waals surface area (Å²) >= 11 is 1.58. The fourth-order valence-electron chi connectivity index (χ4n) is 2.18. The Hall–Kier alpha value is -2.01. The standard InChI is InChI=1S/C20H22F3NO2S/c1-19(24,14-25)12-11-18-10-9-17(27-18)4-2-3-13-26-16-7-5-15(6-8-16)20(21,22)23/h5-10,25H,3,11-14,24H2,1H3. The van der Waals surface area contributed by atoms with Gasteiger partial charge in [0.15, 0.2) is 0 Å². The van der Waals surface area contributed by atoms with E-state index in [2.05, 4.69) is 11.8 Å². The minimum atomic E-state index is -4.34. The number of aryl methyl sites for hydroxylation is 1. The van der Waals surface area contributed by atoms with E-state index in [1.165, 1.54) is 12.1 Å². The molecule has 3 nitrogen and oxygen atoms in total. The van der Waals surface area contributed by atoms with E-state index in [1.54, 1.807) is 11.3 Å². The third kappa shape index (κ3) is 7.25. The summed E-state index contributed by atoms with van der Waals surface area (Å²) < 4.78 is 42.9. The second kappa shape index (κ2) is 9.27. The van der Waals surface area contributed by atoms with Gasteiger partial charge in [-0.15, -0.1) is 11.3 Å². The molecule has 2 rings (SSSR count). The molecule has 1 unspecified atom stereocenters. The van der Waals surface area contributed by atoms with Gasteiger partial charge in [0.25, 0.3) is 0 Å². The Labute approximate surface area is 161 Å². The van der Waals surface area contributed by atoms with Crippen LogP contribution in [0.3, 0.4) is 0 Å². The quantitative estimate of drug-likeness (QED) is 0.543. The van der Waals surface area contributed by atoms with E-state index in [9.17, 15) is 13.2 Å². The highest BCUT2D eigenvalue weighted by Gasteiger charge is 2.29. The molecule has 146 valence electrons. The highest BCUT2D eigenvalue weighted by molar-refractivity contribution is 7.12. The molecule has 2 aromatic rings. The molecule has 1 aromatic carbocycles. The van der Waals surface area contributed by atoms with Crippen molar-refractivity contribution in [3.63, 3.8) is 0 Å². The molecule has 0 amide bonds. The average molecular weight is 397 g/mol. The molecule has 7 heteroatoms. The van der Waals surface area contributed by atoms with Crippen LogP contribution in [0, 0.1) is 11.8 Å². The van der Waals surface area contributed by atoms with E-state index >= 15 is 0 Å². The molecule has 0 saturated heterocycles. The van der Waals surface area contributed by atoms with Crippen molar-refractivity contribution in [2.24, 2.45) is 5.73 Å². The van der Waals surface area contributed by atoms with Crippen molar-refractivity contribution in [2.75, 3.05) is 13.2 Å². The Morgan fingerprint density at radius 1 is 1.15 bits per heavy atom. The van der Waals surface area contributed by atoms with Crippen molar-refractivity contribution in [3.05, 3.63) is 51.7 Å². The molecule has 27 heavy (non-hydrogen) atoms. The van der Waals surface area contributed by atoms with Crippen molar-refractivity contribution in [1.29, 1.82) is 0 Å². The minimum Gasteiger partial charge on any atom is -0.493 e. The third-order valence-electron chi connectivity index (χ3n) is 3.85. The van der Waals surface area contributed by atoms with Gasteiger partial charge in [-0.2, -0.15) is 13.2 Å². The summed E-state index contributed by atoms with van der Waals surface area (Å²) in [5, 5.41) is 9.17. The van der Waals surface area contributed by atoms with E-state index in [0.29, 0.717) is 25.2 Å². The molecule has 0 fully saturated rings. The van der Waals surface area contributed by atoms with Crippen LogP contribution in [0.25, 0.3) is 0 Å². The monoisotopic (exact) mass is 397 g/mol. The summed E-state index contributed by atoms with van der Waals surface area (Å²) in [5.41, 5.74) is 4.64. The number of hydrogen-bond acceptors (Lipinski definition) is 4. The van der Waals surface area contributed by atoms with Crippen LogP contribution in [0.4, 0.5) is 13.2 Å². The fraction of sp³-hybridized carbons (Fsp3) is 0.400. The number of halogens is 3. The lowest BCUT2D eigenvalue weighted by molar-refractivity contribution is -0.137. The van der Waals surface area contributed by atoms with Gasteiger partial charge in [0.05, 0.1) is 23.7 Å². The fourth-order valence-corrected chi connectivity index (χ4v) is 3.06. The molecule has 0 aliphatic rings. The topological polar surface area (TPSA) is 55.5 Å². The normalized spacial score (nSPS) is 13.6. The van der Waals surface area contributed by atoms with Gasteiger partial charge in [-0.1, -0.05) is 11.8 Å². The Bertz CT molecular complexity index is 786. The Morgan fingerprint density at radius 2 is 1.85 bits per heavy atom. The number of ether oxygens (including phenoxy) is 1. The number of aliphatic hydroxyl groups excluding tert-OH is 1. The number of benzene rings is 1. The van der Waals surface area contributed by atoms with Gasteiger partial charge >= 0.3 is 6.18 Å². The van der Waals surface area contributed by atoms with Crippen molar-refractivity contribution in [1.82, 2.24) is 0 Å².